The van der Waals surface area contributed by atoms with Crippen molar-refractivity contribution in [1.29, 1.82) is 0 Å². The smallest absolute Gasteiger partial charge is 0.320 e. The maximum Gasteiger partial charge on any atom is 0.320 e. The SMILES string of the molecule is CCCOc1nc(-c2ccccc2)nc(-c2ccccc2)n1. The lowest BCUT2D eigenvalue weighted by molar-refractivity contribution is 0.292. The highest BCUT2D eigenvalue weighted by Crippen LogP contribution is 2.22. The van der Waals surface area contributed by atoms with Gasteiger partial charge in [-0.1, -0.05) is 67.6 Å². The van der Waals surface area contributed by atoms with Crippen molar-refractivity contribution >= 4 is 0 Å². The number of benzene rings is 2. The van der Waals surface area contributed by atoms with Crippen LogP contribution >= 0.6 is 0 Å². The second-order valence-electron chi connectivity index (χ2n) is 4.85. The summed E-state index contributed by atoms with van der Waals surface area (Å²) in [5.74, 6) is 1.25. The third-order valence-corrected chi connectivity index (χ3v) is 3.11. The minimum atomic E-state index is 0.370. The summed E-state index contributed by atoms with van der Waals surface area (Å²) in [6.45, 7) is 2.64. The third kappa shape index (κ3) is 3.28. The Morgan fingerprint density at radius 3 is 1.68 bits per heavy atom. The zero-order valence-electron chi connectivity index (χ0n) is 12.4. The number of aromatic nitrogens is 3. The van der Waals surface area contributed by atoms with Crippen molar-refractivity contribution in [3.63, 3.8) is 0 Å². The number of nitrogens with zero attached hydrogens (tertiary/aromatic N) is 3. The van der Waals surface area contributed by atoms with E-state index in [1.165, 1.54) is 0 Å². The van der Waals surface area contributed by atoms with Gasteiger partial charge in [-0.15, -0.1) is 0 Å². The van der Waals surface area contributed by atoms with Crippen LogP contribution in [0.3, 0.4) is 0 Å². The fourth-order valence-corrected chi connectivity index (χ4v) is 2.05. The molecule has 1 aromatic heterocycles. The second-order valence-corrected chi connectivity index (χ2v) is 4.85. The highest BCUT2D eigenvalue weighted by molar-refractivity contribution is 5.61. The molecule has 0 saturated carbocycles. The molecular weight excluding hydrogens is 274 g/mol. The van der Waals surface area contributed by atoms with E-state index in [2.05, 4.69) is 21.9 Å². The van der Waals surface area contributed by atoms with E-state index in [1.807, 2.05) is 60.7 Å². The standard InChI is InChI=1S/C18H17N3O/c1-2-13-22-18-20-16(14-9-5-3-6-10-14)19-17(21-18)15-11-7-4-8-12-15/h3-12H,2,13H2,1H3. The maximum atomic E-state index is 5.62. The quantitative estimate of drug-likeness (QED) is 0.713. The molecule has 0 saturated heterocycles. The molecule has 0 aliphatic rings. The lowest BCUT2D eigenvalue weighted by Crippen LogP contribution is -2.04. The average molecular weight is 291 g/mol. The van der Waals surface area contributed by atoms with E-state index in [0.29, 0.717) is 24.3 Å². The van der Waals surface area contributed by atoms with Gasteiger partial charge in [-0.2, -0.15) is 9.97 Å². The summed E-state index contributed by atoms with van der Waals surface area (Å²) >= 11 is 0. The molecular formula is C18H17N3O. The molecule has 1 heterocycles. The molecule has 4 nitrogen and oxygen atoms in total. The average Bonchev–Trinajstić information content (AvgIpc) is 2.61. The largest absolute Gasteiger partial charge is 0.463 e. The van der Waals surface area contributed by atoms with Gasteiger partial charge in [-0.25, -0.2) is 4.98 Å². The Bertz CT molecular complexity index is 672. The number of ether oxygens (including phenoxy) is 1. The van der Waals surface area contributed by atoms with E-state index in [-0.39, 0.29) is 0 Å². The lowest BCUT2D eigenvalue weighted by atomic mass is 10.2. The van der Waals surface area contributed by atoms with Gasteiger partial charge in [0.1, 0.15) is 0 Å². The van der Waals surface area contributed by atoms with Crippen LogP contribution in [0.25, 0.3) is 22.8 Å². The van der Waals surface area contributed by atoms with Gasteiger partial charge in [0.25, 0.3) is 0 Å². The minimum Gasteiger partial charge on any atom is -0.463 e. The van der Waals surface area contributed by atoms with Gasteiger partial charge < -0.3 is 4.74 Å². The van der Waals surface area contributed by atoms with Crippen LogP contribution in [-0.2, 0) is 0 Å². The van der Waals surface area contributed by atoms with Crippen molar-refractivity contribution in [3.05, 3.63) is 60.7 Å². The summed E-state index contributed by atoms with van der Waals surface area (Å²) in [6.07, 6.45) is 0.910. The van der Waals surface area contributed by atoms with Crippen LogP contribution in [0, 0.1) is 0 Å². The van der Waals surface area contributed by atoms with E-state index < -0.39 is 0 Å². The van der Waals surface area contributed by atoms with Crippen molar-refractivity contribution in [1.82, 2.24) is 15.0 Å². The molecule has 22 heavy (non-hydrogen) atoms. The third-order valence-electron chi connectivity index (χ3n) is 3.11. The predicted molar refractivity (Wildman–Crippen MR) is 86.5 cm³/mol. The van der Waals surface area contributed by atoms with Gasteiger partial charge in [0.05, 0.1) is 6.61 Å². The summed E-state index contributed by atoms with van der Waals surface area (Å²) < 4.78 is 5.62. The van der Waals surface area contributed by atoms with Crippen molar-refractivity contribution in [2.24, 2.45) is 0 Å². The summed E-state index contributed by atoms with van der Waals surface area (Å²) in [4.78, 5) is 13.4. The fourth-order valence-electron chi connectivity index (χ4n) is 2.05. The van der Waals surface area contributed by atoms with Crippen LogP contribution < -0.4 is 4.74 Å². The molecule has 2 aromatic carbocycles. The number of rotatable bonds is 5. The van der Waals surface area contributed by atoms with Crippen LogP contribution in [0.1, 0.15) is 13.3 Å². The summed E-state index contributed by atoms with van der Waals surface area (Å²) in [5.41, 5.74) is 1.90. The molecule has 0 N–H and O–H groups in total. The Kier molecular flexibility index (Phi) is 4.39. The lowest BCUT2D eigenvalue weighted by Gasteiger charge is -2.08. The first-order chi connectivity index (χ1) is 10.9. The Labute approximate surface area is 129 Å². The molecule has 3 aromatic rings. The molecule has 0 bridgehead atoms. The molecule has 0 aliphatic carbocycles. The van der Waals surface area contributed by atoms with E-state index in [0.717, 1.165) is 17.5 Å². The molecule has 0 amide bonds. The first-order valence-corrected chi connectivity index (χ1v) is 7.36. The Morgan fingerprint density at radius 2 is 1.23 bits per heavy atom. The number of hydrogen-bond donors (Lipinski definition) is 0. The summed E-state index contributed by atoms with van der Waals surface area (Å²) in [6, 6.07) is 20.1. The molecule has 0 spiro atoms. The summed E-state index contributed by atoms with van der Waals surface area (Å²) in [5, 5.41) is 0. The van der Waals surface area contributed by atoms with Crippen LogP contribution in [0.4, 0.5) is 0 Å². The molecule has 0 atom stereocenters. The molecule has 4 heteroatoms. The zero-order chi connectivity index (χ0) is 15.2. The first-order valence-electron chi connectivity index (χ1n) is 7.36. The van der Waals surface area contributed by atoms with Crippen molar-refractivity contribution in [2.75, 3.05) is 6.61 Å². The van der Waals surface area contributed by atoms with Crippen LogP contribution in [0.2, 0.25) is 0 Å². The van der Waals surface area contributed by atoms with Gasteiger partial charge in [0, 0.05) is 11.1 Å². The van der Waals surface area contributed by atoms with E-state index in [9.17, 15) is 0 Å². The molecule has 0 unspecified atom stereocenters. The van der Waals surface area contributed by atoms with Crippen LogP contribution in [0.5, 0.6) is 6.01 Å². The zero-order valence-corrected chi connectivity index (χ0v) is 12.4. The fraction of sp³-hybridized carbons (Fsp3) is 0.167. The normalized spacial score (nSPS) is 10.4. The summed E-state index contributed by atoms with van der Waals surface area (Å²) in [7, 11) is 0. The minimum absolute atomic E-state index is 0.370. The van der Waals surface area contributed by atoms with E-state index in [4.69, 9.17) is 4.74 Å². The van der Waals surface area contributed by atoms with Gasteiger partial charge in [-0.05, 0) is 6.42 Å². The Balaban J connectivity index is 2.06. The van der Waals surface area contributed by atoms with Gasteiger partial charge in [-0.3, -0.25) is 0 Å². The monoisotopic (exact) mass is 291 g/mol. The van der Waals surface area contributed by atoms with Crippen molar-refractivity contribution in [2.45, 2.75) is 13.3 Å². The van der Waals surface area contributed by atoms with Crippen molar-refractivity contribution < 1.29 is 4.74 Å². The molecule has 3 rings (SSSR count). The molecule has 0 fully saturated rings. The number of hydrogen-bond acceptors (Lipinski definition) is 4. The first kappa shape index (κ1) is 14.2. The van der Waals surface area contributed by atoms with E-state index >= 15 is 0 Å². The highest BCUT2D eigenvalue weighted by Gasteiger charge is 2.10. The predicted octanol–water partition coefficient (Wildman–Crippen LogP) is 3.99. The topological polar surface area (TPSA) is 47.9 Å². The van der Waals surface area contributed by atoms with Crippen LogP contribution in [0.15, 0.2) is 60.7 Å². The van der Waals surface area contributed by atoms with Gasteiger partial charge >= 0.3 is 6.01 Å². The Hall–Kier alpha value is -2.75. The Morgan fingerprint density at radius 1 is 0.727 bits per heavy atom. The van der Waals surface area contributed by atoms with Crippen molar-refractivity contribution in [3.8, 4) is 28.8 Å². The molecule has 110 valence electrons. The van der Waals surface area contributed by atoms with Crippen LogP contribution in [-0.4, -0.2) is 21.6 Å². The van der Waals surface area contributed by atoms with Gasteiger partial charge in [0.2, 0.25) is 0 Å². The molecule has 0 radical (unpaired) electrons. The second kappa shape index (κ2) is 6.80. The maximum absolute atomic E-state index is 5.62. The van der Waals surface area contributed by atoms with Gasteiger partial charge in [0.15, 0.2) is 11.6 Å². The molecule has 0 aliphatic heterocycles. The highest BCUT2D eigenvalue weighted by atomic mass is 16.5. The van der Waals surface area contributed by atoms with E-state index in [1.54, 1.807) is 0 Å².